The number of amides is 2. The highest BCUT2D eigenvalue weighted by molar-refractivity contribution is 7.18. The van der Waals surface area contributed by atoms with Crippen LogP contribution in [0.15, 0.2) is 17.4 Å². The van der Waals surface area contributed by atoms with Gasteiger partial charge in [0, 0.05) is 24.2 Å². The Morgan fingerprint density at radius 1 is 1.40 bits per heavy atom. The minimum absolute atomic E-state index is 0.166. The number of likely N-dealkylation sites (tertiary alicyclic amines) is 1. The van der Waals surface area contributed by atoms with Crippen molar-refractivity contribution in [3.05, 3.63) is 26.4 Å². The van der Waals surface area contributed by atoms with Crippen molar-refractivity contribution in [1.82, 2.24) is 14.5 Å². The number of carbonyl (C=O) groups is 1. The standard InChI is InChI=1S/C12H13ClN4OS2/c1-8-7-17(11-14-6-9(13)20-11)12(19-8)15-10(18)16-4-2-3-5-16/h6-7H,2-5H2,1H3. The molecule has 0 unspecified atom stereocenters. The van der Waals surface area contributed by atoms with Gasteiger partial charge >= 0.3 is 6.03 Å². The zero-order valence-corrected chi connectivity index (χ0v) is 13.3. The van der Waals surface area contributed by atoms with Gasteiger partial charge in [-0.3, -0.25) is 4.57 Å². The van der Waals surface area contributed by atoms with Gasteiger partial charge in [0.25, 0.3) is 0 Å². The molecule has 0 aromatic carbocycles. The van der Waals surface area contributed by atoms with E-state index in [1.54, 1.807) is 11.1 Å². The van der Waals surface area contributed by atoms with E-state index in [0.717, 1.165) is 35.9 Å². The number of carbonyl (C=O) groups excluding carboxylic acids is 1. The fourth-order valence-electron chi connectivity index (χ4n) is 2.09. The van der Waals surface area contributed by atoms with Crippen LogP contribution in [0.1, 0.15) is 17.7 Å². The Morgan fingerprint density at radius 2 is 2.15 bits per heavy atom. The van der Waals surface area contributed by atoms with Crippen molar-refractivity contribution in [2.45, 2.75) is 19.8 Å². The number of nitrogens with zero attached hydrogens (tertiary/aromatic N) is 4. The van der Waals surface area contributed by atoms with Gasteiger partial charge in [-0.05, 0) is 19.8 Å². The molecule has 0 saturated carbocycles. The fourth-order valence-corrected chi connectivity index (χ4v) is 3.83. The first-order valence-electron chi connectivity index (χ1n) is 6.28. The largest absolute Gasteiger partial charge is 0.346 e. The third-order valence-electron chi connectivity index (χ3n) is 3.01. The fraction of sp³-hybridized carbons (Fsp3) is 0.417. The predicted molar refractivity (Wildman–Crippen MR) is 80.8 cm³/mol. The maximum Gasteiger partial charge on any atom is 0.346 e. The summed E-state index contributed by atoms with van der Waals surface area (Å²) in [5.74, 6) is 0. The van der Waals surface area contributed by atoms with Crippen molar-refractivity contribution in [1.29, 1.82) is 0 Å². The molecule has 0 atom stereocenters. The van der Waals surface area contributed by atoms with Crippen molar-refractivity contribution in [2.75, 3.05) is 13.1 Å². The molecule has 0 aliphatic carbocycles. The van der Waals surface area contributed by atoms with Crippen LogP contribution < -0.4 is 4.80 Å². The van der Waals surface area contributed by atoms with Gasteiger partial charge in [0.2, 0.25) is 4.80 Å². The molecule has 0 bridgehead atoms. The lowest BCUT2D eigenvalue weighted by Gasteiger charge is -2.10. The van der Waals surface area contributed by atoms with Crippen LogP contribution in [-0.4, -0.2) is 33.6 Å². The van der Waals surface area contributed by atoms with E-state index in [1.165, 1.54) is 22.7 Å². The van der Waals surface area contributed by atoms with Gasteiger partial charge in [-0.25, -0.2) is 9.78 Å². The smallest absolute Gasteiger partial charge is 0.323 e. The molecule has 2 aromatic rings. The molecule has 106 valence electrons. The van der Waals surface area contributed by atoms with E-state index in [1.807, 2.05) is 17.7 Å². The minimum Gasteiger partial charge on any atom is -0.323 e. The number of halogens is 1. The van der Waals surface area contributed by atoms with Gasteiger partial charge in [-0.15, -0.1) is 11.3 Å². The Bertz CT molecular complexity index is 696. The third-order valence-corrected chi connectivity index (χ3v) is 5.02. The zero-order valence-electron chi connectivity index (χ0n) is 10.9. The average Bonchev–Trinajstić information content (AvgIpc) is 3.10. The molecule has 0 radical (unpaired) electrons. The number of thiazole rings is 2. The summed E-state index contributed by atoms with van der Waals surface area (Å²) in [6.07, 6.45) is 5.66. The lowest BCUT2D eigenvalue weighted by molar-refractivity contribution is 0.218. The van der Waals surface area contributed by atoms with E-state index < -0.39 is 0 Å². The minimum atomic E-state index is -0.166. The monoisotopic (exact) mass is 328 g/mol. The second kappa shape index (κ2) is 5.67. The second-order valence-electron chi connectivity index (χ2n) is 4.53. The molecular formula is C12H13ClN4OS2. The molecule has 0 N–H and O–H groups in total. The van der Waals surface area contributed by atoms with Gasteiger partial charge < -0.3 is 4.90 Å². The summed E-state index contributed by atoms with van der Waals surface area (Å²) in [4.78, 5) is 24.1. The van der Waals surface area contributed by atoms with Crippen molar-refractivity contribution < 1.29 is 4.79 Å². The lowest BCUT2D eigenvalue weighted by Crippen LogP contribution is -2.27. The maximum absolute atomic E-state index is 12.1. The molecule has 3 rings (SSSR count). The Kier molecular flexibility index (Phi) is 3.91. The van der Waals surface area contributed by atoms with Gasteiger partial charge in [0.1, 0.15) is 4.34 Å². The van der Waals surface area contributed by atoms with E-state index in [9.17, 15) is 4.79 Å². The Labute approximate surface area is 129 Å². The van der Waals surface area contributed by atoms with Crippen LogP contribution in [0.2, 0.25) is 4.34 Å². The number of rotatable bonds is 1. The summed E-state index contributed by atoms with van der Waals surface area (Å²) in [7, 11) is 0. The molecule has 20 heavy (non-hydrogen) atoms. The second-order valence-corrected chi connectivity index (χ2v) is 7.38. The van der Waals surface area contributed by atoms with E-state index in [4.69, 9.17) is 11.6 Å². The Hall–Kier alpha value is -1.18. The van der Waals surface area contributed by atoms with Crippen LogP contribution in [0.5, 0.6) is 0 Å². The molecule has 0 spiro atoms. The Morgan fingerprint density at radius 3 is 2.80 bits per heavy atom. The zero-order chi connectivity index (χ0) is 14.1. The van der Waals surface area contributed by atoms with Crippen LogP contribution in [0.4, 0.5) is 4.79 Å². The summed E-state index contributed by atoms with van der Waals surface area (Å²) in [6, 6.07) is -0.166. The normalized spacial score (nSPS) is 16.1. The third kappa shape index (κ3) is 2.79. The molecule has 2 amide bonds. The van der Waals surface area contributed by atoms with E-state index in [0.29, 0.717) is 9.14 Å². The molecule has 1 aliphatic rings. The molecule has 8 heteroatoms. The van der Waals surface area contributed by atoms with Gasteiger partial charge in [-0.2, -0.15) is 4.99 Å². The molecule has 2 aromatic heterocycles. The first kappa shape index (κ1) is 13.8. The molecule has 1 fully saturated rings. The molecule has 1 aliphatic heterocycles. The topological polar surface area (TPSA) is 50.5 Å². The van der Waals surface area contributed by atoms with Crippen LogP contribution >= 0.6 is 34.3 Å². The average molecular weight is 329 g/mol. The first-order valence-corrected chi connectivity index (χ1v) is 8.29. The number of urea groups is 1. The molecular weight excluding hydrogens is 316 g/mol. The van der Waals surface area contributed by atoms with Crippen LogP contribution in [0, 0.1) is 6.92 Å². The van der Waals surface area contributed by atoms with E-state index >= 15 is 0 Å². The number of hydrogen-bond donors (Lipinski definition) is 0. The van der Waals surface area contributed by atoms with Gasteiger partial charge in [-0.1, -0.05) is 22.9 Å². The van der Waals surface area contributed by atoms with Gasteiger partial charge in [0.05, 0.1) is 6.20 Å². The van der Waals surface area contributed by atoms with Crippen molar-refractivity contribution in [3.8, 4) is 5.13 Å². The summed E-state index contributed by atoms with van der Waals surface area (Å²) >= 11 is 8.76. The molecule has 1 saturated heterocycles. The van der Waals surface area contributed by atoms with E-state index in [-0.39, 0.29) is 6.03 Å². The lowest BCUT2D eigenvalue weighted by atomic mass is 10.4. The highest BCUT2D eigenvalue weighted by atomic mass is 35.5. The number of aryl methyl sites for hydroxylation is 1. The number of hydrogen-bond acceptors (Lipinski definition) is 4. The SMILES string of the molecule is Cc1cn(-c2ncc(Cl)s2)c(=NC(=O)N2CCCC2)s1. The summed E-state index contributed by atoms with van der Waals surface area (Å²) < 4.78 is 2.44. The van der Waals surface area contributed by atoms with Gasteiger partial charge in [0.15, 0.2) is 5.13 Å². The van der Waals surface area contributed by atoms with Crippen LogP contribution in [0.25, 0.3) is 5.13 Å². The highest BCUT2D eigenvalue weighted by Gasteiger charge is 2.17. The first-order chi connectivity index (χ1) is 9.63. The van der Waals surface area contributed by atoms with Crippen molar-refractivity contribution >= 4 is 40.3 Å². The quantitative estimate of drug-likeness (QED) is 0.807. The predicted octanol–water partition coefficient (Wildman–Crippen LogP) is 3.07. The van der Waals surface area contributed by atoms with Crippen molar-refractivity contribution in [3.63, 3.8) is 0 Å². The maximum atomic E-state index is 12.1. The Balaban J connectivity index is 1.98. The van der Waals surface area contributed by atoms with Crippen LogP contribution in [0.3, 0.4) is 0 Å². The number of aromatic nitrogens is 2. The summed E-state index contributed by atoms with van der Waals surface area (Å²) in [6.45, 7) is 3.58. The molecule has 3 heterocycles. The summed E-state index contributed by atoms with van der Waals surface area (Å²) in [5, 5.41) is 0.729. The molecule has 5 nitrogen and oxygen atoms in total. The van der Waals surface area contributed by atoms with Crippen LogP contribution in [-0.2, 0) is 0 Å². The van der Waals surface area contributed by atoms with Crippen molar-refractivity contribution in [2.24, 2.45) is 4.99 Å². The van der Waals surface area contributed by atoms with E-state index in [2.05, 4.69) is 9.98 Å². The highest BCUT2D eigenvalue weighted by Crippen LogP contribution is 2.21. The summed E-state index contributed by atoms with van der Waals surface area (Å²) in [5.41, 5.74) is 0.